The van der Waals surface area contributed by atoms with Gasteiger partial charge in [0.05, 0.1) is 18.1 Å². The minimum absolute atomic E-state index is 0.00498. The van der Waals surface area contributed by atoms with Crippen LogP contribution in [0.5, 0.6) is 0 Å². The van der Waals surface area contributed by atoms with Crippen molar-refractivity contribution in [1.29, 1.82) is 0 Å². The van der Waals surface area contributed by atoms with Gasteiger partial charge in [0, 0.05) is 12.0 Å². The first-order chi connectivity index (χ1) is 12.3. The monoisotopic (exact) mass is 360 g/mol. The van der Waals surface area contributed by atoms with Crippen LogP contribution in [0.25, 0.3) is 0 Å². The Bertz CT molecular complexity index is 714. The molecule has 0 unspecified atom stereocenters. The van der Waals surface area contributed by atoms with E-state index < -0.39 is 36.4 Å². The molecule has 0 aromatic heterocycles. The van der Waals surface area contributed by atoms with Crippen LogP contribution in [0.2, 0.25) is 0 Å². The van der Waals surface area contributed by atoms with E-state index in [0.29, 0.717) is 12.0 Å². The molecule has 6 nitrogen and oxygen atoms in total. The molecule has 0 amide bonds. The Morgan fingerprint density at radius 2 is 2.08 bits per heavy atom. The molecule has 0 aromatic rings. The van der Waals surface area contributed by atoms with Crippen LogP contribution < -0.4 is 0 Å². The predicted molar refractivity (Wildman–Crippen MR) is 93.8 cm³/mol. The number of carbonyl (C=O) groups is 2. The van der Waals surface area contributed by atoms with Crippen molar-refractivity contribution in [3.05, 3.63) is 47.1 Å². The zero-order valence-electron chi connectivity index (χ0n) is 15.1. The SMILES string of the molecule is C=C1C(=O)O[C@@H]2/C=C(\C)CC/C=C(\C)C[C@@H](OC(=O)C3=C[C@@H](O)OC3)[C@@H]12. The summed E-state index contributed by atoms with van der Waals surface area (Å²) in [6, 6.07) is 0. The second-order valence-corrected chi connectivity index (χ2v) is 7.06. The molecule has 0 spiro atoms. The average Bonchev–Trinajstić information content (AvgIpc) is 3.11. The molecule has 0 radical (unpaired) electrons. The fraction of sp³-hybridized carbons (Fsp3) is 0.500. The molecule has 1 aliphatic carbocycles. The standard InChI is InChI=1S/C20H24O6/c1-11-5-4-6-12(2)8-16(18-13(3)19(22)25-15(18)7-11)26-20(23)14-9-17(21)24-10-14/h6-7,9,15-18,21H,3-5,8,10H2,1-2H3/b11-7+,12-6+/t15-,16-,17+,18+/m1/s1. The van der Waals surface area contributed by atoms with Gasteiger partial charge >= 0.3 is 11.9 Å². The van der Waals surface area contributed by atoms with E-state index in [9.17, 15) is 14.7 Å². The third-order valence-corrected chi connectivity index (χ3v) is 4.94. The molecule has 6 heteroatoms. The summed E-state index contributed by atoms with van der Waals surface area (Å²) >= 11 is 0. The minimum atomic E-state index is -1.09. The number of aliphatic hydroxyl groups excluding tert-OH is 1. The van der Waals surface area contributed by atoms with E-state index in [4.69, 9.17) is 14.2 Å². The molecule has 4 atom stereocenters. The average molecular weight is 360 g/mol. The maximum absolute atomic E-state index is 12.5. The molecule has 26 heavy (non-hydrogen) atoms. The number of carbonyl (C=O) groups excluding carboxylic acids is 2. The highest BCUT2D eigenvalue weighted by Gasteiger charge is 2.44. The quantitative estimate of drug-likeness (QED) is 0.462. The van der Waals surface area contributed by atoms with Gasteiger partial charge < -0.3 is 19.3 Å². The summed E-state index contributed by atoms with van der Waals surface area (Å²) in [7, 11) is 0. The van der Waals surface area contributed by atoms with Crippen LogP contribution >= 0.6 is 0 Å². The maximum atomic E-state index is 12.5. The Morgan fingerprint density at radius 1 is 1.31 bits per heavy atom. The first-order valence-corrected chi connectivity index (χ1v) is 8.79. The van der Waals surface area contributed by atoms with Crippen molar-refractivity contribution in [3.63, 3.8) is 0 Å². The van der Waals surface area contributed by atoms with Crippen LogP contribution in [-0.4, -0.2) is 42.1 Å². The van der Waals surface area contributed by atoms with E-state index in [2.05, 4.69) is 12.7 Å². The molecule has 0 aromatic carbocycles. The van der Waals surface area contributed by atoms with Crippen LogP contribution in [0.4, 0.5) is 0 Å². The molecule has 1 saturated heterocycles. The normalized spacial score (nSPS) is 36.2. The smallest absolute Gasteiger partial charge is 0.336 e. The summed E-state index contributed by atoms with van der Waals surface area (Å²) in [4.78, 5) is 24.6. The fourth-order valence-electron chi connectivity index (χ4n) is 3.52. The number of aliphatic hydroxyl groups is 1. The molecule has 2 aliphatic heterocycles. The summed E-state index contributed by atoms with van der Waals surface area (Å²) in [6.07, 6.45) is 5.49. The van der Waals surface area contributed by atoms with Crippen molar-refractivity contribution in [2.45, 2.75) is 51.6 Å². The molecule has 0 bridgehead atoms. The number of hydrogen-bond acceptors (Lipinski definition) is 6. The van der Waals surface area contributed by atoms with Crippen molar-refractivity contribution >= 4 is 11.9 Å². The number of hydrogen-bond donors (Lipinski definition) is 1. The van der Waals surface area contributed by atoms with Gasteiger partial charge in [-0.05, 0) is 38.8 Å². The van der Waals surface area contributed by atoms with Gasteiger partial charge in [-0.15, -0.1) is 0 Å². The Hall–Kier alpha value is -2.18. The van der Waals surface area contributed by atoms with Gasteiger partial charge in [0.15, 0.2) is 6.29 Å². The third-order valence-electron chi connectivity index (χ3n) is 4.94. The molecule has 0 saturated carbocycles. The molecule has 1 fully saturated rings. The van der Waals surface area contributed by atoms with Gasteiger partial charge in [-0.3, -0.25) is 0 Å². The second-order valence-electron chi connectivity index (χ2n) is 7.06. The van der Waals surface area contributed by atoms with Crippen LogP contribution in [0.3, 0.4) is 0 Å². The van der Waals surface area contributed by atoms with Gasteiger partial charge in [0.1, 0.15) is 12.2 Å². The van der Waals surface area contributed by atoms with Gasteiger partial charge in [-0.1, -0.05) is 23.8 Å². The highest BCUT2D eigenvalue weighted by molar-refractivity contribution is 5.92. The van der Waals surface area contributed by atoms with Crippen LogP contribution in [0.15, 0.2) is 47.1 Å². The van der Waals surface area contributed by atoms with E-state index >= 15 is 0 Å². The number of allylic oxidation sites excluding steroid dienone is 2. The first kappa shape index (κ1) is 18.6. The summed E-state index contributed by atoms with van der Waals surface area (Å²) in [5.74, 6) is -1.44. The molecular formula is C20H24O6. The summed E-state index contributed by atoms with van der Waals surface area (Å²) in [5, 5.41) is 9.40. The highest BCUT2D eigenvalue weighted by Crippen LogP contribution is 2.36. The lowest BCUT2D eigenvalue weighted by Crippen LogP contribution is -2.34. The number of rotatable bonds is 2. The lowest BCUT2D eigenvalue weighted by molar-refractivity contribution is -0.147. The topological polar surface area (TPSA) is 82.1 Å². The van der Waals surface area contributed by atoms with E-state index in [1.807, 2.05) is 19.9 Å². The largest absolute Gasteiger partial charge is 0.458 e. The van der Waals surface area contributed by atoms with Crippen molar-refractivity contribution in [2.24, 2.45) is 5.92 Å². The van der Waals surface area contributed by atoms with Gasteiger partial charge in [-0.2, -0.15) is 0 Å². The predicted octanol–water partition coefficient (Wildman–Crippen LogP) is 2.35. The lowest BCUT2D eigenvalue weighted by Gasteiger charge is -2.27. The highest BCUT2D eigenvalue weighted by atomic mass is 16.6. The Morgan fingerprint density at radius 3 is 2.77 bits per heavy atom. The van der Waals surface area contributed by atoms with E-state index in [1.165, 1.54) is 6.08 Å². The Kier molecular flexibility index (Phi) is 5.44. The summed E-state index contributed by atoms with van der Waals surface area (Å²) < 4.78 is 16.2. The summed E-state index contributed by atoms with van der Waals surface area (Å²) in [6.45, 7) is 7.86. The van der Waals surface area contributed by atoms with E-state index in [-0.39, 0.29) is 12.2 Å². The first-order valence-electron chi connectivity index (χ1n) is 8.79. The maximum Gasteiger partial charge on any atom is 0.336 e. The van der Waals surface area contributed by atoms with Crippen molar-refractivity contribution in [1.82, 2.24) is 0 Å². The van der Waals surface area contributed by atoms with Crippen LogP contribution in [0, 0.1) is 5.92 Å². The molecule has 2 heterocycles. The number of esters is 2. The molecular weight excluding hydrogens is 336 g/mol. The van der Waals surface area contributed by atoms with Crippen LogP contribution in [-0.2, 0) is 23.8 Å². The zero-order chi connectivity index (χ0) is 18.8. The minimum Gasteiger partial charge on any atom is -0.458 e. The van der Waals surface area contributed by atoms with E-state index in [1.54, 1.807) is 0 Å². The Balaban J connectivity index is 1.89. The summed E-state index contributed by atoms with van der Waals surface area (Å²) in [5.41, 5.74) is 2.80. The molecule has 3 aliphatic rings. The lowest BCUT2D eigenvalue weighted by atomic mass is 9.85. The fourth-order valence-corrected chi connectivity index (χ4v) is 3.52. The van der Waals surface area contributed by atoms with Gasteiger partial charge in [0.2, 0.25) is 0 Å². The molecule has 3 rings (SSSR count). The molecule has 1 N–H and O–H groups in total. The van der Waals surface area contributed by atoms with Crippen molar-refractivity contribution in [2.75, 3.05) is 6.61 Å². The second kappa shape index (κ2) is 7.60. The van der Waals surface area contributed by atoms with Gasteiger partial charge in [0.25, 0.3) is 0 Å². The van der Waals surface area contributed by atoms with Crippen molar-refractivity contribution < 1.29 is 28.9 Å². The van der Waals surface area contributed by atoms with E-state index in [0.717, 1.165) is 24.0 Å². The van der Waals surface area contributed by atoms with Crippen molar-refractivity contribution in [3.8, 4) is 0 Å². The molecule has 140 valence electrons. The Labute approximate surface area is 152 Å². The number of ether oxygens (including phenoxy) is 3. The number of fused-ring (bicyclic) bond motifs is 1. The van der Waals surface area contributed by atoms with Crippen LogP contribution in [0.1, 0.15) is 33.1 Å². The zero-order valence-corrected chi connectivity index (χ0v) is 15.1. The van der Waals surface area contributed by atoms with Gasteiger partial charge in [-0.25, -0.2) is 9.59 Å². The third kappa shape index (κ3) is 3.97.